The lowest BCUT2D eigenvalue weighted by atomic mass is 10.1. The first-order valence-corrected chi connectivity index (χ1v) is 7.52. The topological polar surface area (TPSA) is 78.0 Å². The van der Waals surface area contributed by atoms with E-state index in [0.29, 0.717) is 5.92 Å². The number of rotatable bonds is 6. The number of primary sulfonamides is 1. The monoisotopic (exact) mass is 259 g/mol. The summed E-state index contributed by atoms with van der Waals surface area (Å²) in [5.74, 6) is 1.30. The van der Waals surface area contributed by atoms with Crippen LogP contribution in [0.4, 0.5) is 0 Å². The molecule has 0 aromatic carbocycles. The van der Waals surface area contributed by atoms with Crippen LogP contribution in [0.25, 0.3) is 0 Å². The van der Waals surface area contributed by atoms with E-state index >= 15 is 0 Å². The standard InChI is InChI=1S/C11H21N3O2S/c1-4-6-10-13-11(17(12,15)16)8-14(10)7-9(3)5-2/h8-9H,4-7H2,1-3H3,(H2,12,15,16). The van der Waals surface area contributed by atoms with Crippen molar-refractivity contribution >= 4 is 10.0 Å². The van der Waals surface area contributed by atoms with Crippen LogP contribution in [0.3, 0.4) is 0 Å². The van der Waals surface area contributed by atoms with E-state index < -0.39 is 10.0 Å². The second-order valence-electron chi connectivity index (χ2n) is 4.46. The van der Waals surface area contributed by atoms with E-state index in [2.05, 4.69) is 18.8 Å². The van der Waals surface area contributed by atoms with Gasteiger partial charge in [-0.2, -0.15) is 0 Å². The van der Waals surface area contributed by atoms with Crippen LogP contribution in [0.2, 0.25) is 0 Å². The van der Waals surface area contributed by atoms with Crippen LogP contribution in [0.5, 0.6) is 0 Å². The van der Waals surface area contributed by atoms with Gasteiger partial charge in [0.05, 0.1) is 0 Å². The SMILES string of the molecule is CCCc1nc(S(N)(=O)=O)cn1CC(C)CC. The van der Waals surface area contributed by atoms with Gasteiger partial charge in [0, 0.05) is 19.2 Å². The van der Waals surface area contributed by atoms with Crippen LogP contribution < -0.4 is 5.14 Å². The lowest BCUT2D eigenvalue weighted by Gasteiger charge is -2.11. The molecule has 0 bridgehead atoms. The van der Waals surface area contributed by atoms with Gasteiger partial charge in [-0.15, -0.1) is 0 Å². The molecule has 0 aliphatic heterocycles. The van der Waals surface area contributed by atoms with E-state index in [0.717, 1.165) is 31.6 Å². The summed E-state index contributed by atoms with van der Waals surface area (Å²) in [7, 11) is -3.70. The van der Waals surface area contributed by atoms with E-state index in [9.17, 15) is 8.42 Å². The first-order valence-electron chi connectivity index (χ1n) is 5.97. The third-order valence-corrected chi connectivity index (χ3v) is 3.59. The minimum Gasteiger partial charge on any atom is -0.333 e. The van der Waals surface area contributed by atoms with Gasteiger partial charge >= 0.3 is 0 Å². The summed E-state index contributed by atoms with van der Waals surface area (Å²) >= 11 is 0. The fourth-order valence-corrected chi connectivity index (χ4v) is 2.12. The van der Waals surface area contributed by atoms with Crippen molar-refractivity contribution in [2.75, 3.05) is 0 Å². The molecule has 2 N–H and O–H groups in total. The van der Waals surface area contributed by atoms with Gasteiger partial charge in [-0.05, 0) is 12.3 Å². The molecule has 1 heterocycles. The molecule has 1 rings (SSSR count). The molecule has 1 unspecified atom stereocenters. The molecule has 0 radical (unpaired) electrons. The maximum atomic E-state index is 11.3. The average molecular weight is 259 g/mol. The molecule has 1 atom stereocenters. The number of nitrogens with zero attached hydrogens (tertiary/aromatic N) is 2. The van der Waals surface area contributed by atoms with Crippen LogP contribution in [0.15, 0.2) is 11.2 Å². The molecule has 0 amide bonds. The Morgan fingerprint density at radius 2 is 2.12 bits per heavy atom. The van der Waals surface area contributed by atoms with Crippen molar-refractivity contribution in [3.63, 3.8) is 0 Å². The van der Waals surface area contributed by atoms with E-state index in [4.69, 9.17) is 5.14 Å². The second kappa shape index (κ2) is 5.64. The van der Waals surface area contributed by atoms with Crippen molar-refractivity contribution < 1.29 is 8.42 Å². The van der Waals surface area contributed by atoms with Gasteiger partial charge in [-0.25, -0.2) is 18.5 Å². The Balaban J connectivity index is 3.05. The van der Waals surface area contributed by atoms with Crippen LogP contribution in [-0.2, 0) is 23.0 Å². The van der Waals surface area contributed by atoms with Crippen molar-refractivity contribution in [1.82, 2.24) is 9.55 Å². The zero-order chi connectivity index (χ0) is 13.1. The van der Waals surface area contributed by atoms with Crippen LogP contribution in [0.1, 0.15) is 39.4 Å². The Bertz CT molecular complexity index is 465. The first kappa shape index (κ1) is 14.2. The maximum Gasteiger partial charge on any atom is 0.257 e. The minimum atomic E-state index is -3.70. The first-order chi connectivity index (χ1) is 7.88. The Hall–Kier alpha value is -0.880. The third-order valence-electron chi connectivity index (χ3n) is 2.81. The largest absolute Gasteiger partial charge is 0.333 e. The molecule has 98 valence electrons. The molecule has 1 aromatic rings. The number of nitrogens with two attached hydrogens (primary N) is 1. The van der Waals surface area contributed by atoms with Crippen molar-refractivity contribution in [1.29, 1.82) is 0 Å². The molecule has 0 aliphatic carbocycles. The van der Waals surface area contributed by atoms with Crippen LogP contribution >= 0.6 is 0 Å². The number of aryl methyl sites for hydroxylation is 1. The number of imidazole rings is 1. The van der Waals surface area contributed by atoms with E-state index in [1.54, 1.807) is 6.20 Å². The van der Waals surface area contributed by atoms with Gasteiger partial charge in [-0.3, -0.25) is 0 Å². The second-order valence-corrected chi connectivity index (χ2v) is 5.96. The Labute approximate surface area is 103 Å². The molecule has 0 saturated carbocycles. The van der Waals surface area contributed by atoms with E-state index in [1.165, 1.54) is 0 Å². The summed E-state index contributed by atoms with van der Waals surface area (Å²) in [6.07, 6.45) is 4.30. The predicted molar refractivity (Wildman–Crippen MR) is 67.1 cm³/mol. The number of sulfonamides is 1. The van der Waals surface area contributed by atoms with Gasteiger partial charge in [-0.1, -0.05) is 27.2 Å². The highest BCUT2D eigenvalue weighted by molar-refractivity contribution is 7.89. The molecule has 0 saturated heterocycles. The summed E-state index contributed by atoms with van der Waals surface area (Å²) in [5, 5.41) is 5.07. The van der Waals surface area contributed by atoms with Gasteiger partial charge in [0.15, 0.2) is 5.03 Å². The molecule has 1 aromatic heterocycles. The van der Waals surface area contributed by atoms with Gasteiger partial charge < -0.3 is 4.57 Å². The summed E-state index contributed by atoms with van der Waals surface area (Å²) in [6.45, 7) is 7.07. The van der Waals surface area contributed by atoms with Gasteiger partial charge in [0.1, 0.15) is 5.82 Å². The fraction of sp³-hybridized carbons (Fsp3) is 0.727. The van der Waals surface area contributed by atoms with Crippen molar-refractivity contribution in [2.45, 2.75) is 51.6 Å². The Morgan fingerprint density at radius 3 is 2.59 bits per heavy atom. The molecular formula is C11H21N3O2S. The third kappa shape index (κ3) is 3.81. The normalized spacial score (nSPS) is 13.9. The zero-order valence-corrected chi connectivity index (χ0v) is 11.5. The van der Waals surface area contributed by atoms with Gasteiger partial charge in [0.2, 0.25) is 0 Å². The highest BCUT2D eigenvalue weighted by Crippen LogP contribution is 2.13. The summed E-state index contributed by atoms with van der Waals surface area (Å²) in [5.41, 5.74) is 0. The molecule has 0 fully saturated rings. The minimum absolute atomic E-state index is 0.0238. The highest BCUT2D eigenvalue weighted by atomic mass is 32.2. The fourth-order valence-electron chi connectivity index (χ4n) is 1.61. The number of aromatic nitrogens is 2. The van der Waals surface area contributed by atoms with Gasteiger partial charge in [0.25, 0.3) is 10.0 Å². The molecule has 0 aliphatic rings. The lowest BCUT2D eigenvalue weighted by Crippen LogP contribution is -2.12. The summed E-state index contributed by atoms with van der Waals surface area (Å²) in [4.78, 5) is 4.11. The summed E-state index contributed by atoms with van der Waals surface area (Å²) in [6, 6.07) is 0. The molecule has 0 spiro atoms. The molecule has 6 heteroatoms. The number of hydrogen-bond donors (Lipinski definition) is 1. The van der Waals surface area contributed by atoms with Crippen molar-refractivity contribution in [2.24, 2.45) is 11.1 Å². The average Bonchev–Trinajstić information content (AvgIpc) is 2.62. The maximum absolute atomic E-state index is 11.3. The summed E-state index contributed by atoms with van der Waals surface area (Å²) < 4.78 is 24.4. The predicted octanol–water partition coefficient (Wildman–Crippen LogP) is 1.53. The number of hydrogen-bond acceptors (Lipinski definition) is 3. The Kier molecular flexibility index (Phi) is 4.70. The molecule has 17 heavy (non-hydrogen) atoms. The van der Waals surface area contributed by atoms with Crippen molar-refractivity contribution in [3.8, 4) is 0 Å². The molecule has 5 nitrogen and oxygen atoms in total. The van der Waals surface area contributed by atoms with Crippen LogP contribution in [-0.4, -0.2) is 18.0 Å². The van der Waals surface area contributed by atoms with Crippen molar-refractivity contribution in [3.05, 3.63) is 12.0 Å². The van der Waals surface area contributed by atoms with E-state index in [-0.39, 0.29) is 5.03 Å². The highest BCUT2D eigenvalue weighted by Gasteiger charge is 2.16. The van der Waals surface area contributed by atoms with E-state index in [1.807, 2.05) is 11.5 Å². The smallest absolute Gasteiger partial charge is 0.257 e. The quantitative estimate of drug-likeness (QED) is 0.841. The van der Waals surface area contributed by atoms with Crippen LogP contribution in [0, 0.1) is 5.92 Å². The Morgan fingerprint density at radius 1 is 1.47 bits per heavy atom. The zero-order valence-electron chi connectivity index (χ0n) is 10.7. The lowest BCUT2D eigenvalue weighted by molar-refractivity contribution is 0.456. The molecular weight excluding hydrogens is 238 g/mol.